The molecule has 7 heteroatoms. The number of aromatic nitrogens is 4. The highest BCUT2D eigenvalue weighted by Gasteiger charge is 2.13. The van der Waals surface area contributed by atoms with E-state index >= 15 is 0 Å². The van der Waals surface area contributed by atoms with Gasteiger partial charge < -0.3 is 4.74 Å². The molecule has 23 heavy (non-hydrogen) atoms. The molecule has 3 aromatic heterocycles. The third-order valence-electron chi connectivity index (χ3n) is 2.95. The number of carbonyl (C=O) groups is 1. The summed E-state index contributed by atoms with van der Waals surface area (Å²) in [5.41, 5.74) is 0.256. The van der Waals surface area contributed by atoms with Crippen LogP contribution in [0.15, 0.2) is 55.4 Å². The molecule has 0 saturated heterocycles. The Kier molecular flexibility index (Phi) is 4.28. The number of ketones is 1. The van der Waals surface area contributed by atoms with Crippen LogP contribution in [0.2, 0.25) is 0 Å². The van der Waals surface area contributed by atoms with E-state index in [0.29, 0.717) is 11.5 Å². The minimum atomic E-state index is -0.519. The summed E-state index contributed by atoms with van der Waals surface area (Å²) < 4.78 is 19.1. The summed E-state index contributed by atoms with van der Waals surface area (Å²) >= 11 is 0. The monoisotopic (exact) mass is 310 g/mol. The fourth-order valence-corrected chi connectivity index (χ4v) is 1.89. The first-order chi connectivity index (χ1) is 11.2. The topological polar surface area (TPSA) is 77.9 Å². The van der Waals surface area contributed by atoms with Gasteiger partial charge in [-0.3, -0.25) is 14.8 Å². The quantitative estimate of drug-likeness (QED) is 0.674. The van der Waals surface area contributed by atoms with Crippen LogP contribution in [0.5, 0.6) is 11.5 Å². The lowest BCUT2D eigenvalue weighted by molar-refractivity contribution is 0.0985. The second-order valence-electron chi connectivity index (χ2n) is 4.58. The normalized spacial score (nSPS) is 10.3. The maximum absolute atomic E-state index is 13.6. The molecule has 3 heterocycles. The van der Waals surface area contributed by atoms with E-state index in [2.05, 4.69) is 19.9 Å². The molecule has 0 radical (unpaired) electrons. The van der Waals surface area contributed by atoms with Gasteiger partial charge in [0, 0.05) is 18.5 Å². The van der Waals surface area contributed by atoms with Gasteiger partial charge in [-0.15, -0.1) is 0 Å². The number of Topliss-reactive ketones (excluding diaryl/α,β-unsaturated/α-hetero) is 1. The van der Waals surface area contributed by atoms with Crippen LogP contribution < -0.4 is 4.74 Å². The Morgan fingerprint density at radius 1 is 1.09 bits per heavy atom. The minimum absolute atomic E-state index is 0.0853. The van der Waals surface area contributed by atoms with Crippen LogP contribution in [-0.4, -0.2) is 25.7 Å². The first-order valence-corrected chi connectivity index (χ1v) is 6.74. The van der Waals surface area contributed by atoms with E-state index in [1.54, 1.807) is 6.07 Å². The average molecular weight is 310 g/mol. The molecule has 0 aliphatic rings. The summed E-state index contributed by atoms with van der Waals surface area (Å²) in [6.45, 7) is 0. The summed E-state index contributed by atoms with van der Waals surface area (Å²) in [6, 6.07) is 5.82. The molecule has 0 bridgehead atoms. The van der Waals surface area contributed by atoms with Gasteiger partial charge in [0.25, 0.3) is 0 Å². The van der Waals surface area contributed by atoms with Crippen molar-refractivity contribution in [2.24, 2.45) is 0 Å². The molecule has 0 unspecified atom stereocenters. The first kappa shape index (κ1) is 14.7. The smallest absolute Gasteiger partial charge is 0.187 e. The lowest BCUT2D eigenvalue weighted by Crippen LogP contribution is -2.08. The van der Waals surface area contributed by atoms with Crippen molar-refractivity contribution < 1.29 is 13.9 Å². The zero-order valence-corrected chi connectivity index (χ0v) is 11.9. The molecule has 0 fully saturated rings. The Hall–Kier alpha value is -3.22. The second kappa shape index (κ2) is 6.69. The van der Waals surface area contributed by atoms with Crippen LogP contribution in [0.4, 0.5) is 4.39 Å². The number of hydrogen-bond donors (Lipinski definition) is 0. The van der Waals surface area contributed by atoms with Gasteiger partial charge >= 0.3 is 0 Å². The Labute approximate surface area is 131 Å². The number of halogens is 1. The van der Waals surface area contributed by atoms with Gasteiger partial charge in [0.15, 0.2) is 11.5 Å². The number of ether oxygens (including phenoxy) is 1. The van der Waals surface area contributed by atoms with Crippen LogP contribution >= 0.6 is 0 Å². The van der Waals surface area contributed by atoms with E-state index in [-0.39, 0.29) is 23.6 Å². The van der Waals surface area contributed by atoms with Gasteiger partial charge in [-0.1, -0.05) is 0 Å². The molecule has 0 aromatic carbocycles. The lowest BCUT2D eigenvalue weighted by atomic mass is 10.1. The molecule has 0 saturated carbocycles. The molecule has 114 valence electrons. The molecular formula is C16H11FN4O2. The molecule has 0 aliphatic heterocycles. The summed E-state index contributed by atoms with van der Waals surface area (Å²) in [5, 5.41) is 0. The fraction of sp³-hybridized carbons (Fsp3) is 0.0625. The fourth-order valence-electron chi connectivity index (χ4n) is 1.89. The highest BCUT2D eigenvalue weighted by Crippen LogP contribution is 2.20. The highest BCUT2D eigenvalue weighted by molar-refractivity contribution is 5.95. The van der Waals surface area contributed by atoms with Crippen LogP contribution in [0, 0.1) is 5.82 Å². The molecule has 3 rings (SSSR count). The zero-order chi connectivity index (χ0) is 16.1. The Morgan fingerprint density at radius 2 is 1.91 bits per heavy atom. The van der Waals surface area contributed by atoms with Crippen LogP contribution in [0.3, 0.4) is 0 Å². The van der Waals surface area contributed by atoms with E-state index < -0.39 is 5.82 Å². The van der Waals surface area contributed by atoms with Crippen molar-refractivity contribution in [1.29, 1.82) is 0 Å². The predicted octanol–water partition coefficient (Wildman–Crippen LogP) is 2.62. The lowest BCUT2D eigenvalue weighted by Gasteiger charge is -2.06. The van der Waals surface area contributed by atoms with Crippen molar-refractivity contribution in [3.05, 3.63) is 72.6 Å². The third-order valence-corrected chi connectivity index (χ3v) is 2.95. The molecular weight excluding hydrogens is 299 g/mol. The van der Waals surface area contributed by atoms with Crippen molar-refractivity contribution >= 4 is 5.78 Å². The largest absolute Gasteiger partial charge is 0.454 e. The van der Waals surface area contributed by atoms with Crippen molar-refractivity contribution in [2.75, 3.05) is 0 Å². The molecule has 0 atom stereocenters. The number of pyridine rings is 2. The van der Waals surface area contributed by atoms with E-state index in [1.807, 2.05) is 0 Å². The number of carbonyl (C=O) groups excluding carboxylic acids is 1. The third kappa shape index (κ3) is 3.70. The predicted molar refractivity (Wildman–Crippen MR) is 78.6 cm³/mol. The van der Waals surface area contributed by atoms with Crippen molar-refractivity contribution in [2.45, 2.75) is 6.42 Å². The Balaban J connectivity index is 1.77. The average Bonchev–Trinajstić information content (AvgIpc) is 2.58. The number of nitrogens with zero attached hydrogens (tertiary/aromatic N) is 4. The highest BCUT2D eigenvalue weighted by atomic mass is 19.1. The zero-order valence-electron chi connectivity index (χ0n) is 11.9. The summed E-state index contributed by atoms with van der Waals surface area (Å²) in [4.78, 5) is 27.8. The number of hydrogen-bond acceptors (Lipinski definition) is 6. The van der Waals surface area contributed by atoms with E-state index in [9.17, 15) is 9.18 Å². The Bertz CT molecular complexity index is 827. The van der Waals surface area contributed by atoms with Crippen LogP contribution in [-0.2, 0) is 6.42 Å². The summed E-state index contributed by atoms with van der Waals surface area (Å²) in [6.07, 6.45) is 7.10. The molecule has 6 nitrogen and oxygen atoms in total. The molecule has 0 N–H and O–H groups in total. The minimum Gasteiger partial charge on any atom is -0.454 e. The van der Waals surface area contributed by atoms with Gasteiger partial charge in [-0.2, -0.15) is 0 Å². The van der Waals surface area contributed by atoms with Gasteiger partial charge in [-0.25, -0.2) is 14.4 Å². The SMILES string of the molecule is O=C(Cc1ncccc1F)c1cc(Oc2cncnc2)ccn1. The standard InChI is InChI=1S/C16H11FN4O2/c17-13-2-1-4-20-14(13)7-16(22)15-6-11(3-5-21-15)23-12-8-18-10-19-9-12/h1-6,8-10H,7H2. The Morgan fingerprint density at radius 3 is 2.70 bits per heavy atom. The second-order valence-corrected chi connectivity index (χ2v) is 4.58. The van der Waals surface area contributed by atoms with E-state index in [0.717, 1.165) is 0 Å². The summed E-state index contributed by atoms with van der Waals surface area (Å²) in [5.74, 6) is -0.0143. The maximum Gasteiger partial charge on any atom is 0.187 e. The number of rotatable bonds is 5. The van der Waals surface area contributed by atoms with Gasteiger partial charge in [0.1, 0.15) is 23.6 Å². The molecule has 0 aliphatic carbocycles. The maximum atomic E-state index is 13.6. The van der Waals surface area contributed by atoms with Gasteiger partial charge in [0.2, 0.25) is 0 Å². The molecule has 0 amide bonds. The van der Waals surface area contributed by atoms with Crippen LogP contribution in [0.1, 0.15) is 16.2 Å². The molecule has 3 aromatic rings. The molecule has 0 spiro atoms. The van der Waals surface area contributed by atoms with Gasteiger partial charge in [0.05, 0.1) is 24.5 Å². The first-order valence-electron chi connectivity index (χ1n) is 6.74. The van der Waals surface area contributed by atoms with Crippen molar-refractivity contribution in [3.8, 4) is 11.5 Å². The van der Waals surface area contributed by atoms with E-state index in [4.69, 9.17) is 4.74 Å². The summed E-state index contributed by atoms with van der Waals surface area (Å²) in [7, 11) is 0. The van der Waals surface area contributed by atoms with Crippen LogP contribution in [0.25, 0.3) is 0 Å². The van der Waals surface area contributed by atoms with Crippen molar-refractivity contribution in [3.63, 3.8) is 0 Å². The van der Waals surface area contributed by atoms with Gasteiger partial charge in [-0.05, 0) is 18.2 Å². The van der Waals surface area contributed by atoms with E-state index in [1.165, 1.54) is 49.3 Å². The van der Waals surface area contributed by atoms with Crippen molar-refractivity contribution in [1.82, 2.24) is 19.9 Å².